The highest BCUT2D eigenvalue weighted by atomic mass is 16.3. The molecule has 4 rings (SSSR count). The largest absolute Gasteiger partial charge is 0.389 e. The highest BCUT2D eigenvalue weighted by molar-refractivity contribution is 5.00. The Kier molecular flexibility index (Phi) is 3.22. The summed E-state index contributed by atoms with van der Waals surface area (Å²) < 4.78 is 0. The van der Waals surface area contributed by atoms with E-state index in [1.54, 1.807) is 0 Å². The minimum Gasteiger partial charge on any atom is -0.389 e. The lowest BCUT2D eigenvalue weighted by Crippen LogP contribution is -2.53. The SMILES string of the molecule is CC(NCC(C)(C)O)C1C2CC3CC(C2)CC1C3. The average Bonchev–Trinajstić information content (AvgIpc) is 2.23. The summed E-state index contributed by atoms with van der Waals surface area (Å²) in [4.78, 5) is 0. The third-order valence-corrected chi connectivity index (χ3v) is 5.73. The van der Waals surface area contributed by atoms with E-state index in [2.05, 4.69) is 12.2 Å². The average molecular weight is 251 g/mol. The standard InChI is InChI=1S/C16H29NO/c1-10(17-9-16(2,3)18)15-13-5-11-4-12(7-13)8-14(15)6-11/h10-15,17-18H,4-9H2,1-3H3. The molecule has 0 saturated heterocycles. The molecule has 4 bridgehead atoms. The number of nitrogens with one attached hydrogen (secondary N) is 1. The summed E-state index contributed by atoms with van der Waals surface area (Å²) >= 11 is 0. The van der Waals surface area contributed by atoms with Crippen molar-refractivity contribution in [1.82, 2.24) is 5.32 Å². The fourth-order valence-corrected chi connectivity index (χ4v) is 5.33. The monoisotopic (exact) mass is 251 g/mol. The summed E-state index contributed by atoms with van der Waals surface area (Å²) in [6, 6.07) is 0.575. The van der Waals surface area contributed by atoms with Crippen molar-refractivity contribution in [3.63, 3.8) is 0 Å². The summed E-state index contributed by atoms with van der Waals surface area (Å²) in [5.74, 6) is 4.95. The van der Waals surface area contributed by atoms with Crippen LogP contribution < -0.4 is 5.32 Å². The highest BCUT2D eigenvalue weighted by Gasteiger charge is 2.49. The zero-order valence-corrected chi connectivity index (χ0v) is 12.2. The van der Waals surface area contributed by atoms with Gasteiger partial charge in [-0.25, -0.2) is 0 Å². The Morgan fingerprint density at radius 1 is 1.06 bits per heavy atom. The fourth-order valence-electron chi connectivity index (χ4n) is 5.33. The van der Waals surface area contributed by atoms with E-state index in [1.807, 2.05) is 13.8 Å². The van der Waals surface area contributed by atoms with Gasteiger partial charge in [-0.2, -0.15) is 0 Å². The first kappa shape index (κ1) is 12.9. The van der Waals surface area contributed by atoms with Crippen LogP contribution in [0.1, 0.15) is 52.9 Å². The first-order valence-electron chi connectivity index (χ1n) is 7.88. The quantitative estimate of drug-likeness (QED) is 0.805. The maximum Gasteiger partial charge on any atom is 0.0715 e. The fraction of sp³-hybridized carbons (Fsp3) is 1.00. The Morgan fingerprint density at radius 3 is 2.00 bits per heavy atom. The van der Waals surface area contributed by atoms with Gasteiger partial charge in [0.2, 0.25) is 0 Å². The molecule has 4 fully saturated rings. The molecule has 18 heavy (non-hydrogen) atoms. The Hall–Kier alpha value is -0.0800. The van der Waals surface area contributed by atoms with Gasteiger partial charge in [-0.05, 0) is 82.5 Å². The highest BCUT2D eigenvalue weighted by Crippen LogP contribution is 2.57. The van der Waals surface area contributed by atoms with Gasteiger partial charge in [0.05, 0.1) is 5.60 Å². The van der Waals surface area contributed by atoms with E-state index in [4.69, 9.17) is 0 Å². The molecule has 2 N–H and O–H groups in total. The van der Waals surface area contributed by atoms with Gasteiger partial charge in [-0.3, -0.25) is 0 Å². The molecule has 0 amide bonds. The number of hydrogen-bond donors (Lipinski definition) is 2. The predicted molar refractivity (Wildman–Crippen MR) is 74.3 cm³/mol. The minimum absolute atomic E-state index is 0.575. The Bertz CT molecular complexity index is 279. The molecule has 0 radical (unpaired) electrons. The van der Waals surface area contributed by atoms with Crippen LogP contribution in [0.5, 0.6) is 0 Å². The second-order valence-corrected chi connectivity index (χ2v) is 7.99. The first-order chi connectivity index (χ1) is 8.42. The number of aliphatic hydroxyl groups is 1. The minimum atomic E-state index is -0.583. The molecule has 4 aliphatic carbocycles. The van der Waals surface area contributed by atoms with E-state index in [-0.39, 0.29) is 0 Å². The molecule has 2 heteroatoms. The lowest BCUT2D eigenvalue weighted by Gasteiger charge is -2.56. The van der Waals surface area contributed by atoms with Gasteiger partial charge in [0.1, 0.15) is 0 Å². The molecule has 1 unspecified atom stereocenters. The van der Waals surface area contributed by atoms with Crippen molar-refractivity contribution < 1.29 is 5.11 Å². The molecule has 0 spiro atoms. The van der Waals surface area contributed by atoms with Gasteiger partial charge in [0.25, 0.3) is 0 Å². The van der Waals surface area contributed by atoms with Crippen LogP contribution in [-0.2, 0) is 0 Å². The van der Waals surface area contributed by atoms with Gasteiger partial charge in [-0.1, -0.05) is 0 Å². The van der Waals surface area contributed by atoms with Crippen molar-refractivity contribution in [1.29, 1.82) is 0 Å². The molecule has 4 aliphatic rings. The van der Waals surface area contributed by atoms with Crippen molar-refractivity contribution in [2.24, 2.45) is 29.6 Å². The zero-order valence-electron chi connectivity index (χ0n) is 12.2. The van der Waals surface area contributed by atoms with E-state index in [1.165, 1.54) is 32.1 Å². The van der Waals surface area contributed by atoms with Gasteiger partial charge < -0.3 is 10.4 Å². The molecule has 0 heterocycles. The maximum atomic E-state index is 9.85. The summed E-state index contributed by atoms with van der Waals surface area (Å²) in [6.45, 7) is 6.85. The second-order valence-electron chi connectivity index (χ2n) is 7.99. The summed E-state index contributed by atoms with van der Waals surface area (Å²) in [5.41, 5.74) is -0.583. The summed E-state index contributed by atoms with van der Waals surface area (Å²) in [6.07, 6.45) is 7.50. The van der Waals surface area contributed by atoms with Gasteiger partial charge >= 0.3 is 0 Å². The van der Waals surface area contributed by atoms with E-state index >= 15 is 0 Å². The molecule has 0 aliphatic heterocycles. The molecule has 4 saturated carbocycles. The van der Waals surface area contributed by atoms with Crippen LogP contribution in [0.3, 0.4) is 0 Å². The normalized spacial score (nSPS) is 44.3. The Labute approximate surface area is 112 Å². The molecular weight excluding hydrogens is 222 g/mol. The van der Waals surface area contributed by atoms with Crippen LogP contribution >= 0.6 is 0 Å². The third-order valence-electron chi connectivity index (χ3n) is 5.73. The van der Waals surface area contributed by atoms with Crippen LogP contribution in [-0.4, -0.2) is 23.3 Å². The van der Waals surface area contributed by atoms with E-state index in [0.29, 0.717) is 6.04 Å². The Balaban J connectivity index is 1.62. The van der Waals surface area contributed by atoms with Crippen molar-refractivity contribution >= 4 is 0 Å². The van der Waals surface area contributed by atoms with E-state index < -0.39 is 5.60 Å². The first-order valence-corrected chi connectivity index (χ1v) is 7.88. The smallest absolute Gasteiger partial charge is 0.0715 e. The molecule has 2 nitrogen and oxygen atoms in total. The molecule has 0 aromatic carbocycles. The molecule has 0 aromatic heterocycles. The van der Waals surface area contributed by atoms with Crippen LogP contribution in [0.15, 0.2) is 0 Å². The van der Waals surface area contributed by atoms with Crippen molar-refractivity contribution in [3.8, 4) is 0 Å². The van der Waals surface area contributed by atoms with Crippen LogP contribution in [0.25, 0.3) is 0 Å². The van der Waals surface area contributed by atoms with E-state index in [9.17, 15) is 5.11 Å². The molecule has 104 valence electrons. The lowest BCUT2D eigenvalue weighted by molar-refractivity contribution is -0.0519. The van der Waals surface area contributed by atoms with Crippen molar-refractivity contribution in [3.05, 3.63) is 0 Å². The van der Waals surface area contributed by atoms with E-state index in [0.717, 1.165) is 36.1 Å². The van der Waals surface area contributed by atoms with Gasteiger partial charge in [0, 0.05) is 12.6 Å². The lowest BCUT2D eigenvalue weighted by atomic mass is 9.50. The third kappa shape index (κ3) is 2.46. The van der Waals surface area contributed by atoms with Crippen LogP contribution in [0.2, 0.25) is 0 Å². The molecular formula is C16H29NO. The van der Waals surface area contributed by atoms with Crippen LogP contribution in [0, 0.1) is 29.6 Å². The van der Waals surface area contributed by atoms with Crippen LogP contribution in [0.4, 0.5) is 0 Å². The van der Waals surface area contributed by atoms with Gasteiger partial charge in [-0.15, -0.1) is 0 Å². The molecule has 1 atom stereocenters. The van der Waals surface area contributed by atoms with Gasteiger partial charge in [0.15, 0.2) is 0 Å². The van der Waals surface area contributed by atoms with Crippen molar-refractivity contribution in [2.45, 2.75) is 64.5 Å². The zero-order chi connectivity index (χ0) is 12.9. The summed E-state index contributed by atoms with van der Waals surface area (Å²) in [7, 11) is 0. The second kappa shape index (κ2) is 4.49. The maximum absolute atomic E-state index is 9.85. The number of rotatable bonds is 4. The number of hydrogen-bond acceptors (Lipinski definition) is 2. The summed E-state index contributed by atoms with van der Waals surface area (Å²) in [5, 5.41) is 13.5. The Morgan fingerprint density at radius 2 is 1.56 bits per heavy atom. The molecule has 0 aromatic rings. The topological polar surface area (TPSA) is 32.3 Å². The predicted octanol–water partition coefficient (Wildman–Crippen LogP) is 2.81. The van der Waals surface area contributed by atoms with Crippen molar-refractivity contribution in [2.75, 3.05) is 6.54 Å².